The molecule has 2 aliphatic rings. The molecule has 7 atom stereocenters. The van der Waals surface area contributed by atoms with Crippen LogP contribution in [0.1, 0.15) is 162 Å². The molecule has 0 aliphatic carbocycles. The number of hydrogen-bond acceptors (Lipinski definition) is 7. The first-order valence-electron chi connectivity index (χ1n) is 17.6. The van der Waals surface area contributed by atoms with E-state index in [4.69, 9.17) is 9.47 Å². The molecule has 246 valence electrons. The zero-order chi connectivity index (χ0) is 30.6. The molecule has 1 saturated heterocycles. The van der Waals surface area contributed by atoms with Crippen LogP contribution < -0.4 is 0 Å². The molecule has 42 heavy (non-hydrogen) atoms. The van der Waals surface area contributed by atoms with Crippen LogP contribution in [0.4, 0.5) is 0 Å². The van der Waals surface area contributed by atoms with Crippen molar-refractivity contribution >= 4 is 5.97 Å². The number of cyclic esters (lactones) is 1. The SMILES string of the molecule is CCCCCCC[C@H](O)[C@@H]1CC[C@H]([C@@H](O)CCCCCCCCCC[C@H](O)CCCC[C@@H](O)CC2=C[C@H](C)OC2=O)O1. The lowest BCUT2D eigenvalue weighted by Crippen LogP contribution is -2.31. The fraction of sp³-hybridized carbons (Fsp3) is 0.914. The Morgan fingerprint density at radius 2 is 1.10 bits per heavy atom. The monoisotopic (exact) mass is 596 g/mol. The lowest BCUT2D eigenvalue weighted by Gasteiger charge is -2.22. The highest BCUT2D eigenvalue weighted by atomic mass is 16.5. The molecule has 4 N–H and O–H groups in total. The lowest BCUT2D eigenvalue weighted by atomic mass is 9.99. The molecule has 1 fully saturated rings. The van der Waals surface area contributed by atoms with Crippen molar-refractivity contribution in [1.82, 2.24) is 0 Å². The van der Waals surface area contributed by atoms with Crippen molar-refractivity contribution in [1.29, 1.82) is 0 Å². The fourth-order valence-electron chi connectivity index (χ4n) is 6.42. The average Bonchev–Trinajstić information content (AvgIpc) is 3.58. The van der Waals surface area contributed by atoms with Crippen LogP contribution in [0.25, 0.3) is 0 Å². The average molecular weight is 597 g/mol. The number of unbranched alkanes of at least 4 members (excludes halogenated alkanes) is 12. The van der Waals surface area contributed by atoms with Gasteiger partial charge in [0.05, 0.1) is 36.6 Å². The normalized spacial score (nSPS) is 23.5. The molecular formula is C35H64O7. The summed E-state index contributed by atoms with van der Waals surface area (Å²) in [5.41, 5.74) is 0.581. The fourth-order valence-corrected chi connectivity index (χ4v) is 6.42. The van der Waals surface area contributed by atoms with E-state index in [1.54, 1.807) is 6.08 Å². The smallest absolute Gasteiger partial charge is 0.334 e. The van der Waals surface area contributed by atoms with E-state index < -0.39 is 18.3 Å². The highest BCUT2D eigenvalue weighted by Gasteiger charge is 2.34. The van der Waals surface area contributed by atoms with Crippen LogP contribution >= 0.6 is 0 Å². The van der Waals surface area contributed by atoms with Crippen LogP contribution in [0.5, 0.6) is 0 Å². The summed E-state index contributed by atoms with van der Waals surface area (Å²) in [6.07, 6.45) is 22.7. The summed E-state index contributed by atoms with van der Waals surface area (Å²) in [7, 11) is 0. The van der Waals surface area contributed by atoms with Crippen LogP contribution in [-0.4, -0.2) is 69.1 Å². The van der Waals surface area contributed by atoms with Gasteiger partial charge in [-0.25, -0.2) is 4.79 Å². The molecule has 2 heterocycles. The molecule has 0 aromatic rings. The largest absolute Gasteiger partial charge is 0.455 e. The van der Waals surface area contributed by atoms with E-state index in [0.717, 1.165) is 83.5 Å². The number of carbonyl (C=O) groups is 1. The highest BCUT2D eigenvalue weighted by molar-refractivity contribution is 5.90. The first-order valence-corrected chi connectivity index (χ1v) is 17.6. The van der Waals surface area contributed by atoms with Crippen LogP contribution in [0, 0.1) is 0 Å². The van der Waals surface area contributed by atoms with E-state index in [9.17, 15) is 25.2 Å². The third-order valence-electron chi connectivity index (χ3n) is 9.11. The van der Waals surface area contributed by atoms with Gasteiger partial charge in [0.1, 0.15) is 6.10 Å². The maximum atomic E-state index is 11.6. The molecule has 0 amide bonds. The Bertz CT molecular complexity index is 726. The van der Waals surface area contributed by atoms with Gasteiger partial charge < -0.3 is 29.9 Å². The van der Waals surface area contributed by atoms with Crippen molar-refractivity contribution in [3.63, 3.8) is 0 Å². The van der Waals surface area contributed by atoms with Gasteiger partial charge in [-0.1, -0.05) is 103 Å². The summed E-state index contributed by atoms with van der Waals surface area (Å²) < 4.78 is 11.1. The summed E-state index contributed by atoms with van der Waals surface area (Å²) in [6.45, 7) is 4.03. The molecule has 7 heteroatoms. The number of ether oxygens (including phenoxy) is 2. The summed E-state index contributed by atoms with van der Waals surface area (Å²) in [6, 6.07) is 0. The van der Waals surface area contributed by atoms with Gasteiger partial charge in [0.2, 0.25) is 0 Å². The van der Waals surface area contributed by atoms with Crippen molar-refractivity contribution in [2.45, 2.75) is 204 Å². The number of rotatable bonds is 26. The molecule has 7 nitrogen and oxygen atoms in total. The Morgan fingerprint density at radius 3 is 1.57 bits per heavy atom. The summed E-state index contributed by atoms with van der Waals surface area (Å²) in [5, 5.41) is 41.5. The lowest BCUT2D eigenvalue weighted by molar-refractivity contribution is -0.139. The van der Waals surface area contributed by atoms with E-state index in [2.05, 4.69) is 6.92 Å². The van der Waals surface area contributed by atoms with E-state index >= 15 is 0 Å². The van der Waals surface area contributed by atoms with Gasteiger partial charge in [0.25, 0.3) is 0 Å². The van der Waals surface area contributed by atoms with Gasteiger partial charge in [-0.2, -0.15) is 0 Å². The summed E-state index contributed by atoms with van der Waals surface area (Å²) >= 11 is 0. The molecule has 0 spiro atoms. The third kappa shape index (κ3) is 16.2. The van der Waals surface area contributed by atoms with E-state index in [0.29, 0.717) is 18.4 Å². The number of aliphatic hydroxyl groups excluding tert-OH is 4. The Balaban J connectivity index is 1.35. The predicted molar refractivity (Wildman–Crippen MR) is 168 cm³/mol. The van der Waals surface area contributed by atoms with Crippen molar-refractivity contribution in [3.05, 3.63) is 11.6 Å². The Hall–Kier alpha value is -0.990. The first kappa shape index (κ1) is 37.2. The molecule has 0 unspecified atom stereocenters. The van der Waals surface area contributed by atoms with Crippen LogP contribution in [0.3, 0.4) is 0 Å². The highest BCUT2D eigenvalue weighted by Crippen LogP contribution is 2.28. The first-order chi connectivity index (χ1) is 20.3. The minimum atomic E-state index is -0.528. The van der Waals surface area contributed by atoms with Crippen LogP contribution in [-0.2, 0) is 14.3 Å². The number of carbonyl (C=O) groups excluding carboxylic acids is 1. The van der Waals surface area contributed by atoms with Gasteiger partial charge >= 0.3 is 5.97 Å². The standard InChI is InChI=1S/C35H64O7/c1-3-4-5-10-14-21-31(38)33-23-24-34(42-33)32(39)22-15-12-9-7-6-8-11-13-18-29(36)19-16-17-20-30(37)26-28-25-27(2)41-35(28)40/h25,27,29-34,36-39H,3-24,26H2,1-2H3/t27-,29-,30+,31-,32-,33-,34+/m0/s1. The zero-order valence-electron chi connectivity index (χ0n) is 26.9. The van der Waals surface area contributed by atoms with Gasteiger partial charge in [-0.15, -0.1) is 0 Å². The van der Waals surface area contributed by atoms with Gasteiger partial charge in [-0.05, 0) is 57.9 Å². The molecule has 0 aromatic carbocycles. The molecular weight excluding hydrogens is 532 g/mol. The van der Waals surface area contributed by atoms with Gasteiger partial charge in [-0.3, -0.25) is 0 Å². The molecule has 0 bridgehead atoms. The summed E-state index contributed by atoms with van der Waals surface area (Å²) in [5.74, 6) is -0.309. The van der Waals surface area contributed by atoms with E-state index in [-0.39, 0.29) is 30.4 Å². The van der Waals surface area contributed by atoms with Gasteiger partial charge in [0, 0.05) is 12.0 Å². The van der Waals surface area contributed by atoms with Crippen LogP contribution in [0.2, 0.25) is 0 Å². The number of hydrogen-bond donors (Lipinski definition) is 4. The molecule has 2 rings (SSSR count). The quantitative estimate of drug-likeness (QED) is 0.0624. The molecule has 0 radical (unpaired) electrons. The topological polar surface area (TPSA) is 116 Å². The molecule has 0 aromatic heterocycles. The van der Waals surface area contributed by atoms with E-state index in [1.165, 1.54) is 51.4 Å². The predicted octanol–water partition coefficient (Wildman–Crippen LogP) is 7.06. The second-order valence-electron chi connectivity index (χ2n) is 13.1. The van der Waals surface area contributed by atoms with Crippen LogP contribution in [0.15, 0.2) is 11.6 Å². The van der Waals surface area contributed by atoms with Crippen molar-refractivity contribution in [2.24, 2.45) is 0 Å². The Morgan fingerprint density at radius 1 is 0.667 bits per heavy atom. The Kier molecular flexibility index (Phi) is 19.9. The molecule has 2 aliphatic heterocycles. The second kappa shape index (κ2) is 22.5. The maximum Gasteiger partial charge on any atom is 0.334 e. The van der Waals surface area contributed by atoms with E-state index in [1.807, 2.05) is 6.92 Å². The Labute approximate surface area is 256 Å². The minimum absolute atomic E-state index is 0.102. The van der Waals surface area contributed by atoms with Crippen molar-refractivity contribution in [2.75, 3.05) is 0 Å². The zero-order valence-corrected chi connectivity index (χ0v) is 26.9. The van der Waals surface area contributed by atoms with Crippen molar-refractivity contribution in [3.8, 4) is 0 Å². The van der Waals surface area contributed by atoms with Gasteiger partial charge in [0.15, 0.2) is 0 Å². The maximum absolute atomic E-state index is 11.6. The molecule has 0 saturated carbocycles. The summed E-state index contributed by atoms with van der Waals surface area (Å²) in [4.78, 5) is 11.6. The minimum Gasteiger partial charge on any atom is -0.455 e. The number of esters is 1. The number of aliphatic hydroxyl groups is 4. The van der Waals surface area contributed by atoms with Crippen molar-refractivity contribution < 1.29 is 34.7 Å². The third-order valence-corrected chi connectivity index (χ3v) is 9.11. The second-order valence-corrected chi connectivity index (χ2v) is 13.1.